The van der Waals surface area contributed by atoms with Crippen molar-refractivity contribution in [3.63, 3.8) is 0 Å². The van der Waals surface area contributed by atoms with Crippen molar-refractivity contribution in [2.24, 2.45) is 5.10 Å². The third-order valence-electron chi connectivity index (χ3n) is 4.88. The summed E-state index contributed by atoms with van der Waals surface area (Å²) >= 11 is 5.71. The van der Waals surface area contributed by atoms with Crippen molar-refractivity contribution in [3.8, 4) is 11.5 Å². The minimum Gasteiger partial charge on any atom is -0.493 e. The maximum Gasteiger partial charge on any atom is 0.431 e. The molecule has 0 saturated heterocycles. The third kappa shape index (κ3) is 5.24. The highest BCUT2D eigenvalue weighted by Crippen LogP contribution is 2.28. The standard InChI is InChI=1S/C23H20ClN5O5/c1-32-19-8-6-15(11-20(19)33-2)18-13-34-23(31)29(28-18)12-14-4-3-5-16(10-14)25-22(30)17-7-9-21(24)27-26-17/h3-11H,12-13H2,1-2H3,(H,25,30). The van der Waals surface area contributed by atoms with Crippen LogP contribution in [-0.4, -0.2) is 53.7 Å². The molecule has 0 fully saturated rings. The van der Waals surface area contributed by atoms with Crippen LogP contribution in [0.3, 0.4) is 0 Å². The summed E-state index contributed by atoms with van der Waals surface area (Å²) in [5.41, 5.74) is 2.67. The third-order valence-corrected chi connectivity index (χ3v) is 5.08. The van der Waals surface area contributed by atoms with Crippen LogP contribution in [0.5, 0.6) is 11.5 Å². The minimum atomic E-state index is -0.574. The van der Waals surface area contributed by atoms with E-state index in [0.717, 1.165) is 11.1 Å². The number of rotatable bonds is 7. The van der Waals surface area contributed by atoms with Crippen molar-refractivity contribution in [1.29, 1.82) is 0 Å². The van der Waals surface area contributed by atoms with Gasteiger partial charge in [-0.05, 0) is 48.0 Å². The van der Waals surface area contributed by atoms with Gasteiger partial charge >= 0.3 is 6.09 Å². The predicted molar refractivity (Wildman–Crippen MR) is 124 cm³/mol. The van der Waals surface area contributed by atoms with Crippen LogP contribution in [0.1, 0.15) is 21.6 Å². The lowest BCUT2D eigenvalue weighted by atomic mass is 10.1. The number of ether oxygens (including phenoxy) is 3. The highest BCUT2D eigenvalue weighted by molar-refractivity contribution is 6.29. The van der Waals surface area contributed by atoms with E-state index in [2.05, 4.69) is 20.6 Å². The molecule has 34 heavy (non-hydrogen) atoms. The van der Waals surface area contributed by atoms with Crippen molar-refractivity contribution in [2.75, 3.05) is 26.1 Å². The van der Waals surface area contributed by atoms with Crippen molar-refractivity contribution in [1.82, 2.24) is 15.2 Å². The minimum absolute atomic E-state index is 0.0308. The summed E-state index contributed by atoms with van der Waals surface area (Å²) in [7, 11) is 3.10. The zero-order valence-electron chi connectivity index (χ0n) is 18.3. The van der Waals surface area contributed by atoms with Gasteiger partial charge in [0.2, 0.25) is 0 Å². The number of nitrogens with one attached hydrogen (secondary N) is 1. The van der Waals surface area contributed by atoms with E-state index >= 15 is 0 Å². The lowest BCUT2D eigenvalue weighted by Gasteiger charge is -2.24. The Morgan fingerprint density at radius 3 is 2.65 bits per heavy atom. The number of carbonyl (C=O) groups is 2. The van der Waals surface area contributed by atoms with Crippen LogP contribution < -0.4 is 14.8 Å². The Morgan fingerprint density at radius 1 is 1.09 bits per heavy atom. The molecule has 174 valence electrons. The van der Waals surface area contributed by atoms with E-state index in [9.17, 15) is 9.59 Å². The van der Waals surface area contributed by atoms with Gasteiger partial charge in [0, 0.05) is 11.3 Å². The molecule has 4 rings (SSSR count). The van der Waals surface area contributed by atoms with Gasteiger partial charge in [-0.15, -0.1) is 10.2 Å². The number of hydrogen-bond acceptors (Lipinski definition) is 8. The van der Waals surface area contributed by atoms with Crippen molar-refractivity contribution in [3.05, 3.63) is 76.6 Å². The quantitative estimate of drug-likeness (QED) is 0.546. The fraction of sp³-hybridized carbons (Fsp3) is 0.174. The number of nitrogens with zero attached hydrogens (tertiary/aromatic N) is 4. The molecule has 0 aliphatic carbocycles. The Morgan fingerprint density at radius 2 is 1.91 bits per heavy atom. The highest BCUT2D eigenvalue weighted by atomic mass is 35.5. The van der Waals surface area contributed by atoms with E-state index in [-0.39, 0.29) is 24.0 Å². The molecule has 1 aromatic heterocycles. The smallest absolute Gasteiger partial charge is 0.431 e. The molecule has 2 amide bonds. The van der Waals surface area contributed by atoms with Crippen molar-refractivity contribution >= 4 is 35.0 Å². The average Bonchev–Trinajstić information content (AvgIpc) is 2.85. The zero-order valence-corrected chi connectivity index (χ0v) is 19.1. The second-order valence-electron chi connectivity index (χ2n) is 7.12. The number of aromatic nitrogens is 2. The zero-order chi connectivity index (χ0) is 24.1. The molecule has 0 spiro atoms. The van der Waals surface area contributed by atoms with Crippen molar-refractivity contribution < 1.29 is 23.8 Å². The molecule has 1 aliphatic rings. The summed E-state index contributed by atoms with van der Waals surface area (Å²) in [6.45, 7) is 0.170. The van der Waals surface area contributed by atoms with Gasteiger partial charge in [-0.1, -0.05) is 23.7 Å². The van der Waals surface area contributed by atoms with Crippen LogP contribution in [0.4, 0.5) is 10.5 Å². The maximum absolute atomic E-state index is 12.4. The van der Waals surface area contributed by atoms with Crippen LogP contribution in [0, 0.1) is 0 Å². The first kappa shape index (κ1) is 23.0. The molecule has 1 N–H and O–H groups in total. The largest absolute Gasteiger partial charge is 0.493 e. The first-order valence-corrected chi connectivity index (χ1v) is 10.5. The molecule has 0 saturated carbocycles. The van der Waals surface area contributed by atoms with Crippen LogP contribution >= 0.6 is 11.6 Å². The first-order chi connectivity index (χ1) is 16.5. The second kappa shape index (κ2) is 10.2. The van der Waals surface area contributed by atoms with E-state index in [4.69, 9.17) is 25.8 Å². The second-order valence-corrected chi connectivity index (χ2v) is 7.51. The Hall–Kier alpha value is -4.18. The Bertz CT molecular complexity index is 1250. The summed E-state index contributed by atoms with van der Waals surface area (Å²) in [4.78, 5) is 24.7. The SMILES string of the molecule is COc1ccc(C2=NN(Cc3cccc(NC(=O)c4ccc(Cl)nn4)c3)C(=O)OC2)cc1OC. The van der Waals surface area contributed by atoms with E-state index in [1.165, 1.54) is 17.1 Å². The van der Waals surface area contributed by atoms with Gasteiger partial charge in [0.25, 0.3) is 5.91 Å². The van der Waals surface area contributed by atoms with Crippen LogP contribution in [0.25, 0.3) is 0 Å². The Kier molecular flexibility index (Phi) is 6.88. The van der Waals surface area contributed by atoms with E-state index in [1.807, 2.05) is 12.1 Å². The van der Waals surface area contributed by atoms with Gasteiger partial charge in [0.15, 0.2) is 22.3 Å². The lowest BCUT2D eigenvalue weighted by Crippen LogP contribution is -2.35. The number of hydrogen-bond donors (Lipinski definition) is 1. The average molecular weight is 482 g/mol. The number of halogens is 1. The number of carbonyl (C=O) groups excluding carboxylic acids is 2. The molecule has 2 aromatic carbocycles. The molecule has 0 bridgehead atoms. The van der Waals surface area contributed by atoms with Gasteiger partial charge in [-0.3, -0.25) is 4.79 Å². The molecule has 3 aromatic rings. The van der Waals surface area contributed by atoms with Crippen LogP contribution in [0.15, 0.2) is 59.7 Å². The number of benzene rings is 2. The highest BCUT2D eigenvalue weighted by Gasteiger charge is 2.24. The Balaban J connectivity index is 1.51. The number of anilines is 1. The number of hydrazone groups is 1. The van der Waals surface area contributed by atoms with Crippen LogP contribution in [0.2, 0.25) is 5.15 Å². The topological polar surface area (TPSA) is 115 Å². The summed E-state index contributed by atoms with van der Waals surface area (Å²) in [6.07, 6.45) is -0.574. The van der Waals surface area contributed by atoms with E-state index in [0.29, 0.717) is 22.9 Å². The maximum atomic E-state index is 12.4. The monoisotopic (exact) mass is 481 g/mol. The normalized spacial score (nSPS) is 13.1. The summed E-state index contributed by atoms with van der Waals surface area (Å²) in [6, 6.07) is 15.3. The summed E-state index contributed by atoms with van der Waals surface area (Å²) in [5.74, 6) is 0.687. The fourth-order valence-corrected chi connectivity index (χ4v) is 3.33. The summed E-state index contributed by atoms with van der Waals surface area (Å²) < 4.78 is 15.9. The number of amides is 2. The molecule has 2 heterocycles. The Labute approximate surface area is 200 Å². The first-order valence-electron chi connectivity index (χ1n) is 10.1. The molecule has 0 unspecified atom stereocenters. The molecule has 0 radical (unpaired) electrons. The molecule has 0 atom stereocenters. The van der Waals surface area contributed by atoms with E-state index < -0.39 is 12.0 Å². The van der Waals surface area contributed by atoms with Gasteiger partial charge in [0.1, 0.15) is 12.3 Å². The number of cyclic esters (lactones) is 1. The fourth-order valence-electron chi connectivity index (χ4n) is 3.23. The molecular weight excluding hydrogens is 462 g/mol. The number of methoxy groups -OCH3 is 2. The van der Waals surface area contributed by atoms with Gasteiger partial charge in [0.05, 0.1) is 20.8 Å². The predicted octanol–water partition coefficient (Wildman–Crippen LogP) is 3.76. The molecular formula is C23H20ClN5O5. The molecule has 11 heteroatoms. The van der Waals surface area contributed by atoms with Crippen LogP contribution in [-0.2, 0) is 11.3 Å². The van der Waals surface area contributed by atoms with Gasteiger partial charge in [-0.2, -0.15) is 10.1 Å². The van der Waals surface area contributed by atoms with E-state index in [1.54, 1.807) is 44.6 Å². The molecule has 10 nitrogen and oxygen atoms in total. The van der Waals surface area contributed by atoms with Gasteiger partial charge in [-0.25, -0.2) is 4.79 Å². The molecule has 1 aliphatic heterocycles. The lowest BCUT2D eigenvalue weighted by molar-refractivity contribution is 0.101. The summed E-state index contributed by atoms with van der Waals surface area (Å²) in [5, 5.41) is 16.1. The van der Waals surface area contributed by atoms with Crippen molar-refractivity contribution in [2.45, 2.75) is 6.54 Å². The van der Waals surface area contributed by atoms with Gasteiger partial charge < -0.3 is 19.5 Å².